The Morgan fingerprint density at radius 3 is 2.00 bits per heavy atom. The van der Waals surface area contributed by atoms with E-state index in [1.165, 1.54) is 82.2 Å². The topological polar surface area (TPSA) is 13.1 Å². The first kappa shape index (κ1) is 24.6. The summed E-state index contributed by atoms with van der Waals surface area (Å²) < 4.78 is 6.53. The third kappa shape index (κ3) is 3.51. The molecule has 0 spiro atoms. The number of benzene rings is 7. The van der Waals surface area contributed by atoms with Crippen molar-refractivity contribution in [3.05, 3.63) is 144 Å². The SMILES string of the molecule is C1#Cc2c(cc(-c3c4ccccc4c(-c4cccc5oc6cc7ccccc7cc6c45)c4ccccc34)c3c2CC=C3)C=CC1. The minimum atomic E-state index is 0.788. The minimum absolute atomic E-state index is 0.788. The van der Waals surface area contributed by atoms with Gasteiger partial charge in [0.15, 0.2) is 0 Å². The highest BCUT2D eigenvalue weighted by atomic mass is 16.3. The molecule has 208 valence electrons. The second kappa shape index (κ2) is 9.33. The van der Waals surface area contributed by atoms with Gasteiger partial charge in [-0.25, -0.2) is 0 Å². The van der Waals surface area contributed by atoms with Crippen LogP contribution in [-0.4, -0.2) is 0 Å². The highest BCUT2D eigenvalue weighted by molar-refractivity contribution is 6.26. The van der Waals surface area contributed by atoms with Gasteiger partial charge in [-0.1, -0.05) is 121 Å². The van der Waals surface area contributed by atoms with E-state index in [-0.39, 0.29) is 0 Å². The largest absolute Gasteiger partial charge is 0.456 e. The Hall–Kier alpha value is -5.84. The molecule has 1 heterocycles. The van der Waals surface area contributed by atoms with Crippen LogP contribution in [0.15, 0.2) is 126 Å². The summed E-state index contributed by atoms with van der Waals surface area (Å²) in [6.07, 6.45) is 10.7. The Morgan fingerprint density at radius 1 is 0.556 bits per heavy atom. The van der Waals surface area contributed by atoms with E-state index in [0.717, 1.165) is 29.4 Å². The van der Waals surface area contributed by atoms with Gasteiger partial charge in [-0.3, -0.25) is 0 Å². The summed E-state index contributed by atoms with van der Waals surface area (Å²) in [7, 11) is 0. The second-order valence-corrected chi connectivity index (χ2v) is 12.1. The van der Waals surface area contributed by atoms with Crippen LogP contribution in [0.4, 0.5) is 0 Å². The van der Waals surface area contributed by atoms with E-state index in [9.17, 15) is 0 Å². The maximum atomic E-state index is 6.53. The van der Waals surface area contributed by atoms with Crippen molar-refractivity contribution in [3.8, 4) is 34.1 Å². The van der Waals surface area contributed by atoms with Crippen LogP contribution in [0.25, 0.3) is 88.7 Å². The number of hydrogen-bond donors (Lipinski definition) is 0. The van der Waals surface area contributed by atoms with Crippen molar-refractivity contribution in [2.24, 2.45) is 0 Å². The van der Waals surface area contributed by atoms with E-state index in [0.29, 0.717) is 0 Å². The number of furan rings is 1. The molecule has 0 saturated heterocycles. The predicted octanol–water partition coefficient (Wildman–Crippen LogP) is 11.7. The van der Waals surface area contributed by atoms with Gasteiger partial charge in [0.25, 0.3) is 0 Å². The average molecular weight is 571 g/mol. The molecular formula is C44H26O. The third-order valence-electron chi connectivity index (χ3n) is 9.68. The van der Waals surface area contributed by atoms with E-state index in [1.54, 1.807) is 0 Å². The fourth-order valence-corrected chi connectivity index (χ4v) is 7.77. The van der Waals surface area contributed by atoms with E-state index < -0.39 is 0 Å². The van der Waals surface area contributed by atoms with Crippen molar-refractivity contribution in [2.75, 3.05) is 0 Å². The maximum absolute atomic E-state index is 6.53. The van der Waals surface area contributed by atoms with Crippen molar-refractivity contribution < 1.29 is 4.42 Å². The minimum Gasteiger partial charge on any atom is -0.456 e. The maximum Gasteiger partial charge on any atom is 0.136 e. The Labute approximate surface area is 260 Å². The number of hydrogen-bond acceptors (Lipinski definition) is 1. The monoisotopic (exact) mass is 570 g/mol. The van der Waals surface area contributed by atoms with Crippen molar-refractivity contribution in [2.45, 2.75) is 12.8 Å². The van der Waals surface area contributed by atoms with E-state index in [1.807, 2.05) is 0 Å². The van der Waals surface area contributed by atoms with Crippen LogP contribution < -0.4 is 0 Å². The molecule has 8 aromatic rings. The van der Waals surface area contributed by atoms with Crippen LogP contribution in [0.1, 0.15) is 28.7 Å². The quantitative estimate of drug-likeness (QED) is 0.149. The molecule has 1 aromatic heterocycles. The first-order valence-corrected chi connectivity index (χ1v) is 15.6. The van der Waals surface area contributed by atoms with Crippen molar-refractivity contribution in [3.63, 3.8) is 0 Å². The van der Waals surface area contributed by atoms with Crippen LogP contribution in [-0.2, 0) is 6.42 Å². The lowest BCUT2D eigenvalue weighted by atomic mass is 9.82. The van der Waals surface area contributed by atoms with Gasteiger partial charge in [0.2, 0.25) is 0 Å². The van der Waals surface area contributed by atoms with Gasteiger partial charge in [-0.15, -0.1) is 0 Å². The zero-order valence-corrected chi connectivity index (χ0v) is 24.5. The summed E-state index contributed by atoms with van der Waals surface area (Å²) in [4.78, 5) is 0. The molecule has 2 aliphatic carbocycles. The molecule has 7 aromatic carbocycles. The Balaban J connectivity index is 1.35. The second-order valence-electron chi connectivity index (χ2n) is 12.1. The summed E-state index contributed by atoms with van der Waals surface area (Å²) in [6.45, 7) is 0. The molecule has 0 saturated carbocycles. The number of fused-ring (bicyclic) bond motifs is 9. The normalized spacial score (nSPS) is 13.4. The summed E-state index contributed by atoms with van der Waals surface area (Å²) in [5.41, 5.74) is 11.9. The Kier molecular flexibility index (Phi) is 5.10. The molecule has 1 nitrogen and oxygen atoms in total. The highest BCUT2D eigenvalue weighted by Crippen LogP contribution is 2.49. The molecule has 0 fully saturated rings. The van der Waals surface area contributed by atoms with Gasteiger partial charge in [0.1, 0.15) is 11.2 Å². The standard InChI is InChI=1S/C44H26O/c1-2-14-29-25-38(32-21-10-20-31(32)30(29)15-3-1)43-35-18-8-6-16-33(35)42(34-17-7-9-19-36(34)43)37-22-11-23-40-44(37)39-24-27-12-4-5-13-28(27)26-41(39)45-40/h2,4-14,16-19,21-26H,1,20H2. The number of allylic oxidation sites excluding steroid dienone is 2. The molecule has 10 rings (SSSR count). The molecule has 0 amide bonds. The van der Waals surface area contributed by atoms with Crippen LogP contribution >= 0.6 is 0 Å². The fourth-order valence-electron chi connectivity index (χ4n) is 7.77. The molecule has 45 heavy (non-hydrogen) atoms. The average Bonchev–Trinajstić information content (AvgIpc) is 3.64. The van der Waals surface area contributed by atoms with Crippen molar-refractivity contribution in [1.29, 1.82) is 0 Å². The summed E-state index contributed by atoms with van der Waals surface area (Å²) in [5.74, 6) is 6.83. The summed E-state index contributed by atoms with van der Waals surface area (Å²) in [6, 6.07) is 39.8. The van der Waals surface area contributed by atoms with Gasteiger partial charge in [-0.05, 0) is 102 Å². The molecule has 0 N–H and O–H groups in total. The molecule has 1 heteroatoms. The molecular weight excluding hydrogens is 544 g/mol. The van der Waals surface area contributed by atoms with Crippen LogP contribution in [0, 0.1) is 11.8 Å². The fraction of sp³-hybridized carbons (Fsp3) is 0.0455. The van der Waals surface area contributed by atoms with Crippen molar-refractivity contribution in [1.82, 2.24) is 0 Å². The van der Waals surface area contributed by atoms with E-state index in [2.05, 4.69) is 145 Å². The zero-order chi connectivity index (χ0) is 29.5. The molecule has 2 aliphatic rings. The lowest BCUT2D eigenvalue weighted by Crippen LogP contribution is -1.98. The van der Waals surface area contributed by atoms with E-state index >= 15 is 0 Å². The van der Waals surface area contributed by atoms with E-state index in [4.69, 9.17) is 4.42 Å². The van der Waals surface area contributed by atoms with Crippen molar-refractivity contribution >= 4 is 66.4 Å². The lowest BCUT2D eigenvalue weighted by molar-refractivity contribution is 0.669. The Bertz CT molecular complexity index is 2640. The van der Waals surface area contributed by atoms with Crippen LogP contribution in [0.2, 0.25) is 0 Å². The predicted molar refractivity (Wildman–Crippen MR) is 190 cm³/mol. The molecule has 0 radical (unpaired) electrons. The smallest absolute Gasteiger partial charge is 0.136 e. The lowest BCUT2D eigenvalue weighted by Gasteiger charge is -2.21. The van der Waals surface area contributed by atoms with Gasteiger partial charge in [0.05, 0.1) is 0 Å². The van der Waals surface area contributed by atoms with Gasteiger partial charge >= 0.3 is 0 Å². The summed E-state index contributed by atoms with van der Waals surface area (Å²) >= 11 is 0. The Morgan fingerprint density at radius 2 is 1.24 bits per heavy atom. The van der Waals surface area contributed by atoms with Gasteiger partial charge in [0, 0.05) is 22.8 Å². The molecule has 0 unspecified atom stereocenters. The first-order valence-electron chi connectivity index (χ1n) is 15.6. The third-order valence-corrected chi connectivity index (χ3v) is 9.68. The summed E-state index contributed by atoms with van der Waals surface area (Å²) in [5, 5.41) is 9.73. The first-order chi connectivity index (χ1) is 22.3. The van der Waals surface area contributed by atoms with Gasteiger partial charge < -0.3 is 4.42 Å². The van der Waals surface area contributed by atoms with Crippen LogP contribution in [0.5, 0.6) is 0 Å². The highest BCUT2D eigenvalue weighted by Gasteiger charge is 2.24. The van der Waals surface area contributed by atoms with Gasteiger partial charge in [-0.2, -0.15) is 0 Å². The zero-order valence-electron chi connectivity index (χ0n) is 24.5. The molecule has 0 atom stereocenters. The molecule has 0 bridgehead atoms. The number of rotatable bonds is 2. The van der Waals surface area contributed by atoms with Crippen LogP contribution in [0.3, 0.4) is 0 Å². The molecule has 0 aliphatic heterocycles.